The van der Waals surface area contributed by atoms with Crippen molar-refractivity contribution in [1.82, 2.24) is 14.5 Å². The molecule has 0 aliphatic rings. The number of amides is 2. The summed E-state index contributed by atoms with van der Waals surface area (Å²) in [7, 11) is -2.56. The van der Waals surface area contributed by atoms with E-state index in [1.165, 1.54) is 49.6 Å². The van der Waals surface area contributed by atoms with Crippen molar-refractivity contribution in [3.8, 4) is 0 Å². The van der Waals surface area contributed by atoms with Crippen molar-refractivity contribution in [2.24, 2.45) is 0 Å². The fourth-order valence-electron chi connectivity index (χ4n) is 2.69. The van der Waals surface area contributed by atoms with Crippen LogP contribution in [0.5, 0.6) is 0 Å². The number of aromatic nitrogens is 2. The molecule has 0 saturated heterocycles. The van der Waals surface area contributed by atoms with Crippen molar-refractivity contribution in [2.45, 2.75) is 18.2 Å². The van der Waals surface area contributed by atoms with Gasteiger partial charge in [0.1, 0.15) is 5.01 Å². The number of nitrogens with one attached hydrogen (secondary N) is 2. The highest BCUT2D eigenvalue weighted by Gasteiger charge is 2.23. The van der Waals surface area contributed by atoms with Crippen molar-refractivity contribution in [2.75, 3.05) is 24.2 Å². The molecule has 0 fully saturated rings. The van der Waals surface area contributed by atoms with Crippen LogP contribution in [-0.2, 0) is 26.0 Å². The van der Waals surface area contributed by atoms with Gasteiger partial charge in [-0.25, -0.2) is 8.42 Å². The third-order valence-corrected chi connectivity index (χ3v) is 6.82. The molecule has 1 aromatic heterocycles. The topological polar surface area (TPSA) is 121 Å². The van der Waals surface area contributed by atoms with Gasteiger partial charge in [-0.3, -0.25) is 14.9 Å². The van der Waals surface area contributed by atoms with Crippen LogP contribution in [0.15, 0.2) is 59.5 Å². The van der Waals surface area contributed by atoms with E-state index in [0.717, 1.165) is 14.9 Å². The Bertz CT molecular complexity index is 1160. The minimum atomic E-state index is -3.88. The van der Waals surface area contributed by atoms with E-state index in [1.54, 1.807) is 0 Å². The van der Waals surface area contributed by atoms with E-state index < -0.39 is 15.9 Å². The molecule has 1 heterocycles. The van der Waals surface area contributed by atoms with Crippen LogP contribution in [0.25, 0.3) is 0 Å². The molecule has 0 radical (unpaired) electrons. The number of hydrogen-bond acceptors (Lipinski definition) is 7. The Balaban J connectivity index is 1.59. The lowest BCUT2D eigenvalue weighted by Crippen LogP contribution is -2.34. The molecular weight excluding hydrogens is 438 g/mol. The van der Waals surface area contributed by atoms with Crippen LogP contribution in [0.1, 0.15) is 17.5 Å². The van der Waals surface area contributed by atoms with Gasteiger partial charge in [0.2, 0.25) is 27.0 Å². The number of rotatable bonds is 8. The van der Waals surface area contributed by atoms with Crippen LogP contribution in [-0.4, -0.2) is 48.3 Å². The maximum atomic E-state index is 12.7. The molecule has 3 aromatic rings. The van der Waals surface area contributed by atoms with Crippen molar-refractivity contribution in [3.63, 3.8) is 0 Å². The predicted octanol–water partition coefficient (Wildman–Crippen LogP) is 2.35. The van der Waals surface area contributed by atoms with E-state index >= 15 is 0 Å². The minimum absolute atomic E-state index is 0.0120. The van der Waals surface area contributed by atoms with Gasteiger partial charge in [0.05, 0.1) is 11.4 Å². The van der Waals surface area contributed by atoms with Crippen LogP contribution < -0.4 is 10.6 Å². The van der Waals surface area contributed by atoms with Gasteiger partial charge in [0.15, 0.2) is 0 Å². The van der Waals surface area contributed by atoms with Crippen molar-refractivity contribution in [1.29, 1.82) is 0 Å². The van der Waals surface area contributed by atoms with Gasteiger partial charge in [-0.05, 0) is 29.8 Å². The highest BCUT2D eigenvalue weighted by atomic mass is 32.2. The number of benzene rings is 2. The summed E-state index contributed by atoms with van der Waals surface area (Å²) < 4.78 is 26.3. The largest absolute Gasteiger partial charge is 0.326 e. The molecule has 162 valence electrons. The highest BCUT2D eigenvalue weighted by Crippen LogP contribution is 2.20. The number of hydrogen-bond donors (Lipinski definition) is 2. The van der Waals surface area contributed by atoms with Crippen molar-refractivity contribution in [3.05, 3.63) is 65.2 Å². The molecule has 2 aromatic carbocycles. The van der Waals surface area contributed by atoms with Gasteiger partial charge in [-0.15, -0.1) is 10.2 Å². The fraction of sp³-hybridized carbons (Fsp3) is 0.200. The Labute approximate surface area is 184 Å². The Morgan fingerprint density at radius 2 is 1.68 bits per heavy atom. The molecule has 0 aliphatic heterocycles. The third-order valence-electron chi connectivity index (χ3n) is 4.16. The maximum absolute atomic E-state index is 12.7. The summed E-state index contributed by atoms with van der Waals surface area (Å²) in [5.41, 5.74) is 1.56. The van der Waals surface area contributed by atoms with E-state index in [-0.39, 0.29) is 17.3 Å². The molecule has 9 nitrogen and oxygen atoms in total. The van der Waals surface area contributed by atoms with E-state index in [9.17, 15) is 18.0 Å². The van der Waals surface area contributed by atoms with Gasteiger partial charge in [-0.2, -0.15) is 4.31 Å². The van der Waals surface area contributed by atoms with Crippen LogP contribution in [0, 0.1) is 0 Å². The van der Waals surface area contributed by atoms with Crippen LogP contribution in [0.3, 0.4) is 0 Å². The average molecular weight is 460 g/mol. The lowest BCUT2D eigenvalue weighted by molar-refractivity contribution is -0.116. The zero-order valence-electron chi connectivity index (χ0n) is 16.9. The number of sulfonamides is 1. The lowest BCUT2D eigenvalue weighted by atomic mass is 10.2. The molecule has 31 heavy (non-hydrogen) atoms. The summed E-state index contributed by atoms with van der Waals surface area (Å²) in [5.74, 6) is -0.781. The Morgan fingerprint density at radius 1 is 1.00 bits per heavy atom. The molecular formula is C20H21N5O4S2. The zero-order valence-corrected chi connectivity index (χ0v) is 18.5. The molecule has 0 unspecified atom stereocenters. The second-order valence-corrected chi connectivity index (χ2v) is 9.79. The number of carbonyl (C=O) groups excluding carboxylic acids is 2. The monoisotopic (exact) mass is 459 g/mol. The smallest absolute Gasteiger partial charge is 0.243 e. The Kier molecular flexibility index (Phi) is 7.10. The van der Waals surface area contributed by atoms with E-state index in [1.807, 2.05) is 30.3 Å². The van der Waals surface area contributed by atoms with Gasteiger partial charge in [0.25, 0.3) is 0 Å². The first-order chi connectivity index (χ1) is 14.7. The Morgan fingerprint density at radius 3 is 2.32 bits per heavy atom. The van der Waals surface area contributed by atoms with Gasteiger partial charge < -0.3 is 5.32 Å². The normalized spacial score (nSPS) is 11.3. The lowest BCUT2D eigenvalue weighted by Gasteiger charge is -2.16. The highest BCUT2D eigenvalue weighted by molar-refractivity contribution is 7.89. The molecule has 2 amide bonds. The summed E-state index contributed by atoms with van der Waals surface area (Å²) in [6, 6.07) is 15.5. The number of likely N-dealkylation sites (N-methyl/N-ethyl adjacent to an activating group) is 1. The van der Waals surface area contributed by atoms with Crippen LogP contribution in [0.4, 0.5) is 10.8 Å². The van der Waals surface area contributed by atoms with E-state index in [2.05, 4.69) is 20.8 Å². The summed E-state index contributed by atoms with van der Waals surface area (Å²) in [6.45, 7) is 0.975. The van der Waals surface area contributed by atoms with Gasteiger partial charge in [0, 0.05) is 26.1 Å². The number of anilines is 2. The summed E-state index contributed by atoms with van der Waals surface area (Å²) >= 11 is 1.24. The number of nitrogens with zero attached hydrogens (tertiary/aromatic N) is 3. The SMILES string of the molecule is CC(=O)Nc1ccc(S(=O)(=O)N(C)CC(=O)Nc2nnc(Cc3ccccc3)s2)cc1. The molecule has 0 saturated carbocycles. The second-order valence-electron chi connectivity index (χ2n) is 6.68. The molecule has 0 atom stereocenters. The molecule has 2 N–H and O–H groups in total. The molecule has 11 heteroatoms. The quantitative estimate of drug-likeness (QED) is 0.533. The minimum Gasteiger partial charge on any atom is -0.326 e. The van der Waals surface area contributed by atoms with Crippen LogP contribution in [0.2, 0.25) is 0 Å². The van der Waals surface area contributed by atoms with E-state index in [0.29, 0.717) is 17.2 Å². The molecule has 0 spiro atoms. The first-order valence-electron chi connectivity index (χ1n) is 9.24. The maximum Gasteiger partial charge on any atom is 0.243 e. The average Bonchev–Trinajstić information content (AvgIpc) is 3.15. The first-order valence-corrected chi connectivity index (χ1v) is 11.5. The van der Waals surface area contributed by atoms with E-state index in [4.69, 9.17) is 0 Å². The van der Waals surface area contributed by atoms with Gasteiger partial charge in [-0.1, -0.05) is 41.7 Å². The standard InChI is InChI=1S/C20H21N5O4S2/c1-14(26)21-16-8-10-17(11-9-16)31(28,29)25(2)13-18(27)22-20-24-23-19(30-20)12-15-6-4-3-5-7-15/h3-11H,12-13H2,1-2H3,(H,21,26)(H,22,24,27). The third kappa shape index (κ3) is 6.17. The predicted molar refractivity (Wildman–Crippen MR) is 118 cm³/mol. The molecule has 0 aliphatic carbocycles. The fourth-order valence-corrected chi connectivity index (χ4v) is 4.60. The molecule has 3 rings (SSSR count). The summed E-state index contributed by atoms with van der Waals surface area (Å²) in [5, 5.41) is 14.2. The van der Waals surface area contributed by atoms with Gasteiger partial charge >= 0.3 is 0 Å². The Hall–Kier alpha value is -3.15. The zero-order chi connectivity index (χ0) is 22.4. The summed E-state index contributed by atoms with van der Waals surface area (Å²) in [6.07, 6.45) is 0.594. The summed E-state index contributed by atoms with van der Waals surface area (Å²) in [4.78, 5) is 23.4. The first kappa shape index (κ1) is 22.5. The van der Waals surface area contributed by atoms with Crippen molar-refractivity contribution >= 4 is 44.0 Å². The second kappa shape index (κ2) is 9.77. The number of carbonyl (C=O) groups is 2. The van der Waals surface area contributed by atoms with Crippen LogP contribution >= 0.6 is 11.3 Å². The molecule has 0 bridgehead atoms. The van der Waals surface area contributed by atoms with Crippen molar-refractivity contribution < 1.29 is 18.0 Å².